The van der Waals surface area contributed by atoms with Crippen LogP contribution in [0.5, 0.6) is 0 Å². The Morgan fingerprint density at radius 3 is 2.75 bits per heavy atom. The van der Waals surface area contributed by atoms with Crippen LogP contribution in [0.15, 0.2) is 0 Å². The molecule has 1 fully saturated rings. The van der Waals surface area contributed by atoms with Crippen LogP contribution in [-0.4, -0.2) is 36.1 Å². The van der Waals surface area contributed by atoms with Crippen LogP contribution in [0, 0.1) is 0 Å². The van der Waals surface area contributed by atoms with Gasteiger partial charge < -0.3 is 9.64 Å². The van der Waals surface area contributed by atoms with Crippen molar-refractivity contribution >= 4 is 5.91 Å². The summed E-state index contributed by atoms with van der Waals surface area (Å²) in [5, 5.41) is 0. The van der Waals surface area contributed by atoms with E-state index >= 15 is 0 Å². The van der Waals surface area contributed by atoms with Crippen molar-refractivity contribution in [3.05, 3.63) is 0 Å². The number of morpholine rings is 1. The van der Waals surface area contributed by atoms with Crippen LogP contribution in [0.25, 0.3) is 0 Å². The molecule has 70 valence electrons. The maximum atomic E-state index is 11.4. The summed E-state index contributed by atoms with van der Waals surface area (Å²) in [6.07, 6.45) is 0.985. The summed E-state index contributed by atoms with van der Waals surface area (Å²) in [5.41, 5.74) is -0.0130. The molecule has 0 aromatic rings. The van der Waals surface area contributed by atoms with Crippen LogP contribution < -0.4 is 0 Å². The lowest BCUT2D eigenvalue weighted by atomic mass is 9.99. The van der Waals surface area contributed by atoms with Gasteiger partial charge in [0.2, 0.25) is 5.91 Å². The van der Waals surface area contributed by atoms with Crippen molar-refractivity contribution in [3.63, 3.8) is 0 Å². The van der Waals surface area contributed by atoms with Gasteiger partial charge in [0.25, 0.3) is 0 Å². The highest BCUT2D eigenvalue weighted by molar-refractivity contribution is 5.78. The van der Waals surface area contributed by atoms with Crippen molar-refractivity contribution in [2.45, 2.75) is 32.7 Å². The largest absolute Gasteiger partial charge is 0.370 e. The minimum atomic E-state index is -0.0130. The summed E-state index contributed by atoms with van der Waals surface area (Å²) in [6, 6.07) is 0. The quantitative estimate of drug-likeness (QED) is 0.621. The summed E-state index contributed by atoms with van der Waals surface area (Å²) in [4.78, 5) is 13.3. The maximum Gasteiger partial charge on any atom is 0.249 e. The van der Waals surface area contributed by atoms with Crippen LogP contribution in [-0.2, 0) is 9.53 Å². The molecule has 0 bridgehead atoms. The number of hydrogen-bond donors (Lipinski definition) is 0. The van der Waals surface area contributed by atoms with Crippen LogP contribution >= 0.6 is 0 Å². The second kappa shape index (κ2) is 3.44. The number of carbonyl (C=O) groups is 1. The van der Waals surface area contributed by atoms with Gasteiger partial charge >= 0.3 is 0 Å². The van der Waals surface area contributed by atoms with E-state index in [0.717, 1.165) is 13.0 Å². The fourth-order valence-electron chi connectivity index (χ4n) is 1.35. The lowest BCUT2D eigenvalue weighted by molar-refractivity contribution is -0.149. The number of ether oxygens (including phenoxy) is 1. The van der Waals surface area contributed by atoms with E-state index in [2.05, 4.69) is 20.8 Å². The summed E-state index contributed by atoms with van der Waals surface area (Å²) in [7, 11) is 0. The lowest BCUT2D eigenvalue weighted by Crippen LogP contribution is -2.52. The van der Waals surface area contributed by atoms with Crippen LogP contribution in [0.1, 0.15) is 27.2 Å². The molecule has 1 rings (SSSR count). The van der Waals surface area contributed by atoms with E-state index in [-0.39, 0.29) is 18.1 Å². The van der Waals surface area contributed by atoms with Gasteiger partial charge in [-0.05, 0) is 20.3 Å². The van der Waals surface area contributed by atoms with E-state index in [1.165, 1.54) is 0 Å². The summed E-state index contributed by atoms with van der Waals surface area (Å²) >= 11 is 0. The van der Waals surface area contributed by atoms with Crippen molar-refractivity contribution in [1.29, 1.82) is 0 Å². The zero-order valence-corrected chi connectivity index (χ0v) is 8.09. The zero-order valence-electron chi connectivity index (χ0n) is 8.09. The molecule has 1 saturated heterocycles. The molecule has 0 N–H and O–H groups in total. The Morgan fingerprint density at radius 1 is 1.58 bits per heavy atom. The van der Waals surface area contributed by atoms with Crippen LogP contribution in [0.4, 0.5) is 0 Å². The summed E-state index contributed by atoms with van der Waals surface area (Å²) in [6.45, 7) is 7.95. The number of rotatable bonds is 2. The molecule has 0 atom stereocenters. The minimum Gasteiger partial charge on any atom is -0.370 e. The molecule has 0 aromatic heterocycles. The Bertz CT molecular complexity index is 177. The average molecular weight is 171 g/mol. The molecule has 0 saturated carbocycles. The van der Waals surface area contributed by atoms with E-state index in [1.54, 1.807) is 0 Å². The molecule has 12 heavy (non-hydrogen) atoms. The van der Waals surface area contributed by atoms with E-state index in [4.69, 9.17) is 4.74 Å². The Labute approximate surface area is 73.7 Å². The highest BCUT2D eigenvalue weighted by atomic mass is 16.5. The molecule has 0 unspecified atom stereocenters. The number of nitrogens with zero attached hydrogens (tertiary/aromatic N) is 1. The number of carbonyl (C=O) groups excluding carboxylic acids is 1. The van der Waals surface area contributed by atoms with Crippen LogP contribution in [0.2, 0.25) is 0 Å². The van der Waals surface area contributed by atoms with Gasteiger partial charge in [-0.25, -0.2) is 0 Å². The fraction of sp³-hybridized carbons (Fsp3) is 0.889. The third-order valence-electron chi connectivity index (χ3n) is 2.58. The number of hydrogen-bond acceptors (Lipinski definition) is 2. The first kappa shape index (κ1) is 9.52. The van der Waals surface area contributed by atoms with E-state index < -0.39 is 0 Å². The van der Waals surface area contributed by atoms with Gasteiger partial charge in [-0.1, -0.05) is 6.92 Å². The third-order valence-corrected chi connectivity index (χ3v) is 2.58. The highest BCUT2D eigenvalue weighted by Crippen LogP contribution is 2.19. The molecule has 0 radical (unpaired) electrons. The van der Waals surface area contributed by atoms with E-state index in [0.29, 0.717) is 6.61 Å². The van der Waals surface area contributed by atoms with Crippen molar-refractivity contribution in [2.24, 2.45) is 0 Å². The number of amides is 1. The summed E-state index contributed by atoms with van der Waals surface area (Å²) in [5.74, 6) is 0.119. The predicted molar refractivity (Wildman–Crippen MR) is 46.9 cm³/mol. The standard InChI is InChI=1S/C9H17NO2/c1-4-9(2,3)10-5-6-12-7-8(10)11/h4-7H2,1-3H3. The van der Waals surface area contributed by atoms with Gasteiger partial charge in [0, 0.05) is 12.1 Å². The first-order chi connectivity index (χ1) is 5.58. The lowest BCUT2D eigenvalue weighted by Gasteiger charge is -2.40. The minimum absolute atomic E-state index is 0.0130. The van der Waals surface area contributed by atoms with Crippen molar-refractivity contribution < 1.29 is 9.53 Å². The Balaban J connectivity index is 2.65. The average Bonchev–Trinajstić information content (AvgIpc) is 2.05. The van der Waals surface area contributed by atoms with Crippen molar-refractivity contribution in [1.82, 2.24) is 4.90 Å². The fourth-order valence-corrected chi connectivity index (χ4v) is 1.35. The molecule has 3 heteroatoms. The third kappa shape index (κ3) is 1.78. The van der Waals surface area contributed by atoms with Crippen molar-refractivity contribution in [3.8, 4) is 0 Å². The smallest absolute Gasteiger partial charge is 0.249 e. The predicted octanol–water partition coefficient (Wildman–Crippen LogP) is 1.03. The highest BCUT2D eigenvalue weighted by Gasteiger charge is 2.30. The van der Waals surface area contributed by atoms with Gasteiger partial charge in [0.05, 0.1) is 6.61 Å². The van der Waals surface area contributed by atoms with E-state index in [1.807, 2.05) is 4.90 Å². The van der Waals surface area contributed by atoms with E-state index in [9.17, 15) is 4.79 Å². The second-order valence-corrected chi connectivity index (χ2v) is 3.76. The Morgan fingerprint density at radius 2 is 2.25 bits per heavy atom. The molecule has 1 heterocycles. The Hall–Kier alpha value is -0.570. The molecule has 1 amide bonds. The molecule has 0 aliphatic carbocycles. The van der Waals surface area contributed by atoms with Gasteiger partial charge in [0.15, 0.2) is 0 Å². The zero-order chi connectivity index (χ0) is 9.19. The Kier molecular flexibility index (Phi) is 2.73. The molecule has 0 aromatic carbocycles. The monoisotopic (exact) mass is 171 g/mol. The SMILES string of the molecule is CCC(C)(C)N1CCOCC1=O. The van der Waals surface area contributed by atoms with Gasteiger partial charge in [0.1, 0.15) is 6.61 Å². The van der Waals surface area contributed by atoms with Crippen molar-refractivity contribution in [2.75, 3.05) is 19.8 Å². The normalized spacial score (nSPS) is 19.9. The van der Waals surface area contributed by atoms with Gasteiger partial charge in [-0.2, -0.15) is 0 Å². The first-order valence-electron chi connectivity index (χ1n) is 4.46. The van der Waals surface area contributed by atoms with Gasteiger partial charge in [-0.15, -0.1) is 0 Å². The maximum absolute atomic E-state index is 11.4. The topological polar surface area (TPSA) is 29.5 Å². The molecule has 1 aliphatic rings. The second-order valence-electron chi connectivity index (χ2n) is 3.76. The first-order valence-corrected chi connectivity index (χ1v) is 4.46. The molecular formula is C9H17NO2. The van der Waals surface area contributed by atoms with Crippen LogP contribution in [0.3, 0.4) is 0 Å². The molecule has 1 aliphatic heterocycles. The summed E-state index contributed by atoms with van der Waals surface area (Å²) < 4.78 is 5.06. The molecule has 3 nitrogen and oxygen atoms in total. The molecular weight excluding hydrogens is 154 g/mol. The molecule has 0 spiro atoms. The van der Waals surface area contributed by atoms with Gasteiger partial charge in [-0.3, -0.25) is 4.79 Å².